The molecule has 6 heteroatoms. The number of carbonyl (C=O) groups is 2. The van der Waals surface area contributed by atoms with Gasteiger partial charge in [0.1, 0.15) is 18.4 Å². The smallest absolute Gasteiger partial charge is 0.326 e. The van der Waals surface area contributed by atoms with Crippen molar-refractivity contribution in [2.24, 2.45) is 0 Å². The maximum atomic E-state index is 11.4. The number of hydrogen-bond donors (Lipinski definition) is 3. The van der Waals surface area contributed by atoms with Gasteiger partial charge in [0, 0.05) is 30.4 Å². The number of benzene rings is 2. The van der Waals surface area contributed by atoms with Crippen LogP contribution in [0, 0.1) is 0 Å². The Morgan fingerprint density at radius 1 is 1.15 bits per heavy atom. The number of carbonyl (C=O) groups excluding carboxylic acids is 1. The lowest BCUT2D eigenvalue weighted by Gasteiger charge is -2.14. The minimum atomic E-state index is -1.07. The summed E-state index contributed by atoms with van der Waals surface area (Å²) in [5.41, 5.74) is 2.69. The topological polar surface area (TPSA) is 91.4 Å². The molecule has 3 aromatic rings. The normalized spacial score (nSPS) is 11.9. The Labute approximate surface area is 150 Å². The van der Waals surface area contributed by atoms with Gasteiger partial charge < -0.3 is 20.1 Å². The summed E-state index contributed by atoms with van der Waals surface area (Å²) in [6, 6.07) is 14.5. The highest BCUT2D eigenvalue weighted by Gasteiger charge is 2.21. The number of amides is 1. The van der Waals surface area contributed by atoms with Crippen molar-refractivity contribution in [2.45, 2.75) is 26.0 Å². The zero-order valence-corrected chi connectivity index (χ0v) is 14.4. The van der Waals surface area contributed by atoms with Crippen LogP contribution < -0.4 is 10.1 Å². The van der Waals surface area contributed by atoms with E-state index in [-0.39, 0.29) is 12.3 Å². The number of carboxylic acids is 1. The van der Waals surface area contributed by atoms with Crippen LogP contribution in [0.25, 0.3) is 10.9 Å². The van der Waals surface area contributed by atoms with Crippen LogP contribution in [0.3, 0.4) is 0 Å². The van der Waals surface area contributed by atoms with Gasteiger partial charge >= 0.3 is 5.97 Å². The molecule has 3 N–H and O–H groups in total. The summed E-state index contributed by atoms with van der Waals surface area (Å²) in [5.74, 6) is -0.774. The maximum absolute atomic E-state index is 11.4. The molecule has 1 amide bonds. The fraction of sp³-hybridized carbons (Fsp3) is 0.200. The molecule has 3 rings (SSSR count). The Bertz CT molecular complexity index is 918. The highest BCUT2D eigenvalue weighted by Crippen LogP contribution is 2.30. The minimum absolute atomic E-state index is 0.167. The number of aliphatic carboxylic acids is 1. The summed E-state index contributed by atoms with van der Waals surface area (Å²) in [7, 11) is 0. The molecule has 2 aromatic carbocycles. The average Bonchev–Trinajstić information content (AvgIpc) is 3.03. The van der Waals surface area contributed by atoms with E-state index < -0.39 is 12.0 Å². The highest BCUT2D eigenvalue weighted by molar-refractivity contribution is 5.90. The van der Waals surface area contributed by atoms with E-state index in [4.69, 9.17) is 4.74 Å². The lowest BCUT2D eigenvalue weighted by atomic mass is 10.0. The first-order valence-corrected chi connectivity index (χ1v) is 8.30. The molecule has 0 aliphatic heterocycles. The number of carboxylic acid groups (broad SMARTS) is 1. The number of nitrogens with one attached hydrogen (secondary N) is 2. The molecule has 6 nitrogen and oxygen atoms in total. The molecule has 0 aliphatic carbocycles. The molecule has 1 unspecified atom stereocenters. The van der Waals surface area contributed by atoms with Crippen molar-refractivity contribution in [3.05, 3.63) is 65.9 Å². The predicted molar refractivity (Wildman–Crippen MR) is 98.0 cm³/mol. The van der Waals surface area contributed by atoms with Crippen LogP contribution in [0.2, 0.25) is 0 Å². The van der Waals surface area contributed by atoms with E-state index in [1.807, 2.05) is 48.5 Å². The summed E-state index contributed by atoms with van der Waals surface area (Å²) in [5, 5.41) is 12.7. The summed E-state index contributed by atoms with van der Waals surface area (Å²) in [6.07, 6.45) is 1.93. The molecule has 134 valence electrons. The third-order valence-electron chi connectivity index (χ3n) is 4.09. The van der Waals surface area contributed by atoms with Crippen LogP contribution >= 0.6 is 0 Å². The van der Waals surface area contributed by atoms with E-state index in [0.717, 1.165) is 22.0 Å². The number of aromatic amines is 1. The van der Waals surface area contributed by atoms with Gasteiger partial charge in [-0.25, -0.2) is 4.79 Å². The zero-order chi connectivity index (χ0) is 18.5. The van der Waals surface area contributed by atoms with Crippen molar-refractivity contribution < 1.29 is 19.4 Å². The molecular weight excluding hydrogens is 332 g/mol. The summed E-state index contributed by atoms with van der Waals surface area (Å²) < 4.78 is 5.97. The first kappa shape index (κ1) is 17.5. The SMILES string of the molecule is CC(=O)NC(Cc1c[nH]c2cccc(OCc3ccccc3)c12)C(=O)O. The van der Waals surface area contributed by atoms with Gasteiger partial charge in [-0.15, -0.1) is 0 Å². The fourth-order valence-corrected chi connectivity index (χ4v) is 2.90. The minimum Gasteiger partial charge on any atom is -0.488 e. The van der Waals surface area contributed by atoms with E-state index in [0.29, 0.717) is 12.4 Å². The molecule has 0 spiro atoms. The molecule has 0 saturated carbocycles. The second-order valence-corrected chi connectivity index (χ2v) is 6.06. The monoisotopic (exact) mass is 352 g/mol. The van der Waals surface area contributed by atoms with Crippen LogP contribution in [0.5, 0.6) is 5.75 Å². The van der Waals surface area contributed by atoms with E-state index in [2.05, 4.69) is 10.3 Å². The van der Waals surface area contributed by atoms with Gasteiger partial charge in [-0.1, -0.05) is 36.4 Å². The third-order valence-corrected chi connectivity index (χ3v) is 4.09. The summed E-state index contributed by atoms with van der Waals surface area (Å²) in [4.78, 5) is 25.8. The first-order valence-electron chi connectivity index (χ1n) is 8.30. The lowest BCUT2D eigenvalue weighted by Crippen LogP contribution is -2.41. The second-order valence-electron chi connectivity index (χ2n) is 6.06. The van der Waals surface area contributed by atoms with Gasteiger partial charge in [0.05, 0.1) is 0 Å². The predicted octanol–water partition coefficient (Wildman–Crippen LogP) is 2.88. The summed E-state index contributed by atoms with van der Waals surface area (Å²) in [6.45, 7) is 1.72. The van der Waals surface area contributed by atoms with E-state index in [1.165, 1.54) is 6.92 Å². The largest absolute Gasteiger partial charge is 0.488 e. The molecule has 1 aromatic heterocycles. The Morgan fingerprint density at radius 3 is 2.62 bits per heavy atom. The van der Waals surface area contributed by atoms with Crippen molar-refractivity contribution in [2.75, 3.05) is 0 Å². The van der Waals surface area contributed by atoms with Gasteiger partial charge in [0.15, 0.2) is 0 Å². The molecule has 0 bridgehead atoms. The molecule has 26 heavy (non-hydrogen) atoms. The molecule has 1 atom stereocenters. The number of ether oxygens (including phenoxy) is 1. The number of aromatic nitrogens is 1. The van der Waals surface area contributed by atoms with Gasteiger partial charge in [-0.3, -0.25) is 4.79 Å². The Hall–Kier alpha value is -3.28. The summed E-state index contributed by atoms with van der Waals surface area (Å²) >= 11 is 0. The van der Waals surface area contributed by atoms with Crippen LogP contribution in [-0.2, 0) is 22.6 Å². The van der Waals surface area contributed by atoms with Gasteiger partial charge in [0.2, 0.25) is 5.91 Å². The maximum Gasteiger partial charge on any atom is 0.326 e. The standard InChI is InChI=1S/C20H20N2O4/c1-13(23)22-17(20(24)25)10-15-11-21-16-8-5-9-18(19(15)16)26-12-14-6-3-2-4-7-14/h2-9,11,17,21H,10,12H2,1H3,(H,22,23)(H,24,25). The molecule has 0 fully saturated rings. The van der Waals surface area contributed by atoms with Crippen molar-refractivity contribution in [3.63, 3.8) is 0 Å². The van der Waals surface area contributed by atoms with Crippen molar-refractivity contribution in [1.82, 2.24) is 10.3 Å². The van der Waals surface area contributed by atoms with Crippen LogP contribution in [0.4, 0.5) is 0 Å². The second kappa shape index (κ2) is 7.74. The zero-order valence-electron chi connectivity index (χ0n) is 14.4. The lowest BCUT2D eigenvalue weighted by molar-refractivity contribution is -0.141. The Morgan fingerprint density at radius 2 is 1.92 bits per heavy atom. The van der Waals surface area contributed by atoms with Crippen LogP contribution in [0.15, 0.2) is 54.7 Å². The molecule has 0 aliphatic rings. The number of fused-ring (bicyclic) bond motifs is 1. The average molecular weight is 352 g/mol. The Balaban J connectivity index is 1.87. The van der Waals surface area contributed by atoms with Gasteiger partial charge in [0.25, 0.3) is 0 Å². The first-order chi connectivity index (χ1) is 12.5. The fourth-order valence-electron chi connectivity index (χ4n) is 2.90. The van der Waals surface area contributed by atoms with Crippen molar-refractivity contribution in [3.8, 4) is 5.75 Å². The third kappa shape index (κ3) is 4.03. The number of H-pyrrole nitrogens is 1. The number of hydrogen-bond acceptors (Lipinski definition) is 3. The van der Waals surface area contributed by atoms with Gasteiger partial charge in [-0.2, -0.15) is 0 Å². The molecule has 1 heterocycles. The Kier molecular flexibility index (Phi) is 5.22. The van der Waals surface area contributed by atoms with Crippen molar-refractivity contribution in [1.29, 1.82) is 0 Å². The quantitative estimate of drug-likeness (QED) is 0.610. The molecule has 0 radical (unpaired) electrons. The van der Waals surface area contributed by atoms with Crippen LogP contribution in [-0.4, -0.2) is 28.0 Å². The number of rotatable bonds is 7. The molecule has 0 saturated heterocycles. The molecular formula is C20H20N2O4. The van der Waals surface area contributed by atoms with Crippen molar-refractivity contribution >= 4 is 22.8 Å². The van der Waals surface area contributed by atoms with E-state index in [9.17, 15) is 14.7 Å². The van der Waals surface area contributed by atoms with E-state index in [1.54, 1.807) is 6.20 Å². The van der Waals surface area contributed by atoms with Gasteiger partial charge in [-0.05, 0) is 23.3 Å². The van der Waals surface area contributed by atoms with E-state index >= 15 is 0 Å². The van der Waals surface area contributed by atoms with Crippen LogP contribution in [0.1, 0.15) is 18.1 Å². The highest BCUT2D eigenvalue weighted by atomic mass is 16.5.